The highest BCUT2D eigenvalue weighted by Crippen LogP contribution is 2.34. The number of carbonyl (C=O) groups is 1. The molecule has 3 nitrogen and oxygen atoms in total. The molecule has 3 heteroatoms. The van der Waals surface area contributed by atoms with E-state index in [9.17, 15) is 9.90 Å². The summed E-state index contributed by atoms with van der Waals surface area (Å²) in [7, 11) is 1.39. The average Bonchev–Trinajstić information content (AvgIpc) is 2.63. The second-order valence-electron chi connectivity index (χ2n) is 5.20. The van der Waals surface area contributed by atoms with Crippen molar-refractivity contribution < 1.29 is 14.6 Å². The minimum absolute atomic E-state index is 0.0649. The molecule has 20 heavy (non-hydrogen) atoms. The van der Waals surface area contributed by atoms with Gasteiger partial charge in [0.15, 0.2) is 0 Å². The Bertz CT molecular complexity index is 587. The summed E-state index contributed by atoms with van der Waals surface area (Å²) in [4.78, 5) is 11.9. The lowest BCUT2D eigenvalue weighted by molar-refractivity contribution is 0.0602. The summed E-state index contributed by atoms with van der Waals surface area (Å²) in [6.07, 6.45) is 0.536. The van der Waals surface area contributed by atoms with Gasteiger partial charge >= 0.3 is 5.97 Å². The second-order valence-corrected chi connectivity index (χ2v) is 5.20. The van der Waals surface area contributed by atoms with Crippen LogP contribution in [0.25, 0.3) is 11.1 Å². The Balaban J connectivity index is 2.66. The summed E-state index contributed by atoms with van der Waals surface area (Å²) in [6.45, 7) is 4.31. The zero-order valence-corrected chi connectivity index (χ0v) is 12.1. The molecule has 0 aliphatic heterocycles. The molecule has 0 aromatic carbocycles. The monoisotopic (exact) mass is 272 g/mol. The van der Waals surface area contributed by atoms with Crippen molar-refractivity contribution in [2.24, 2.45) is 0 Å². The van der Waals surface area contributed by atoms with E-state index >= 15 is 0 Å². The molecule has 0 saturated carbocycles. The molecule has 0 aromatic heterocycles. The van der Waals surface area contributed by atoms with Gasteiger partial charge in [-0.05, 0) is 40.7 Å². The SMILES string of the molecule is COC(=O)c1cc(CCO)c2cccc(C(C)C)cc1-2. The fourth-order valence-electron chi connectivity index (χ4n) is 2.44. The lowest BCUT2D eigenvalue weighted by atomic mass is 10.0. The number of hydrogen-bond donors (Lipinski definition) is 1. The molecule has 0 fully saturated rings. The Morgan fingerprint density at radius 2 is 2.00 bits per heavy atom. The summed E-state index contributed by atoms with van der Waals surface area (Å²) >= 11 is 0. The van der Waals surface area contributed by atoms with Crippen LogP contribution in [0.3, 0.4) is 0 Å². The molecule has 0 spiro atoms. The number of carbonyl (C=O) groups excluding carboxylic acids is 1. The molecule has 2 aliphatic carbocycles. The van der Waals surface area contributed by atoms with Crippen molar-refractivity contribution in [3.05, 3.63) is 47.0 Å². The molecule has 0 amide bonds. The fraction of sp³-hybridized carbons (Fsp3) is 0.353. The average molecular weight is 272 g/mol. The van der Waals surface area contributed by atoms with Crippen molar-refractivity contribution in [3.63, 3.8) is 0 Å². The molecular weight excluding hydrogens is 252 g/mol. The Morgan fingerprint density at radius 3 is 2.60 bits per heavy atom. The quantitative estimate of drug-likeness (QED) is 0.869. The van der Waals surface area contributed by atoms with Crippen molar-refractivity contribution in [2.45, 2.75) is 26.2 Å². The molecule has 0 radical (unpaired) electrons. The molecule has 2 aliphatic rings. The van der Waals surface area contributed by atoms with Crippen LogP contribution in [-0.4, -0.2) is 24.8 Å². The zero-order valence-electron chi connectivity index (χ0n) is 12.1. The summed E-state index contributed by atoms with van der Waals surface area (Å²) in [5.74, 6) is 0.0485. The second kappa shape index (κ2) is 6.06. The van der Waals surface area contributed by atoms with Gasteiger partial charge in [-0.15, -0.1) is 0 Å². The smallest absolute Gasteiger partial charge is 0.338 e. The first-order valence-corrected chi connectivity index (χ1v) is 6.83. The van der Waals surface area contributed by atoms with Crippen molar-refractivity contribution in [1.29, 1.82) is 0 Å². The first kappa shape index (κ1) is 14.5. The van der Waals surface area contributed by atoms with Gasteiger partial charge in [0.05, 0.1) is 12.7 Å². The van der Waals surface area contributed by atoms with E-state index in [1.807, 2.05) is 24.3 Å². The van der Waals surface area contributed by atoms with Crippen molar-refractivity contribution in [3.8, 4) is 11.1 Å². The molecule has 0 aromatic rings. The van der Waals surface area contributed by atoms with Crippen LogP contribution < -0.4 is 0 Å². The molecule has 2 rings (SSSR count). The lowest BCUT2D eigenvalue weighted by Crippen LogP contribution is -2.00. The first-order chi connectivity index (χ1) is 9.58. The number of methoxy groups -OCH3 is 1. The summed E-state index contributed by atoms with van der Waals surface area (Å²) in [5, 5.41) is 9.17. The molecule has 0 bridgehead atoms. The minimum atomic E-state index is -0.333. The van der Waals surface area contributed by atoms with Crippen LogP contribution in [0.5, 0.6) is 0 Å². The molecule has 0 atom stereocenters. The van der Waals surface area contributed by atoms with Crippen LogP contribution in [-0.2, 0) is 11.2 Å². The Hall–Kier alpha value is -1.87. The maximum Gasteiger partial charge on any atom is 0.338 e. The van der Waals surface area contributed by atoms with Crippen LogP contribution in [0.15, 0.2) is 30.3 Å². The third kappa shape index (κ3) is 2.68. The third-order valence-corrected chi connectivity index (χ3v) is 3.56. The highest BCUT2D eigenvalue weighted by atomic mass is 16.5. The highest BCUT2D eigenvalue weighted by Gasteiger charge is 2.20. The van der Waals surface area contributed by atoms with Gasteiger partial charge in [-0.3, -0.25) is 0 Å². The van der Waals surface area contributed by atoms with Crippen LogP contribution in [0.2, 0.25) is 0 Å². The van der Waals surface area contributed by atoms with Crippen LogP contribution in [0.1, 0.15) is 41.3 Å². The van der Waals surface area contributed by atoms with Gasteiger partial charge in [0.1, 0.15) is 0 Å². The first-order valence-electron chi connectivity index (χ1n) is 6.83. The molecule has 106 valence electrons. The van der Waals surface area contributed by atoms with E-state index in [0.29, 0.717) is 17.9 Å². The van der Waals surface area contributed by atoms with E-state index in [-0.39, 0.29) is 12.6 Å². The number of aliphatic hydroxyl groups is 1. The molecule has 0 unspecified atom stereocenters. The fourth-order valence-corrected chi connectivity index (χ4v) is 2.44. The molecule has 0 heterocycles. The van der Waals surface area contributed by atoms with Gasteiger partial charge < -0.3 is 9.84 Å². The molecule has 0 saturated heterocycles. The van der Waals surface area contributed by atoms with E-state index in [0.717, 1.165) is 16.7 Å². The van der Waals surface area contributed by atoms with E-state index < -0.39 is 0 Å². The minimum Gasteiger partial charge on any atom is -0.465 e. The normalized spacial score (nSPS) is 11.1. The predicted molar refractivity (Wildman–Crippen MR) is 79.3 cm³/mol. The number of aliphatic hydroxyl groups excluding tert-OH is 1. The van der Waals surface area contributed by atoms with Crippen LogP contribution >= 0.6 is 0 Å². The van der Waals surface area contributed by atoms with Crippen molar-refractivity contribution in [2.75, 3.05) is 13.7 Å². The summed E-state index contributed by atoms with van der Waals surface area (Å²) < 4.78 is 4.87. The number of fused-ring (bicyclic) bond motifs is 1. The van der Waals surface area contributed by atoms with Crippen LogP contribution in [0, 0.1) is 0 Å². The van der Waals surface area contributed by atoms with E-state index in [1.54, 1.807) is 0 Å². The topological polar surface area (TPSA) is 46.5 Å². The Labute approximate surface area is 119 Å². The third-order valence-electron chi connectivity index (χ3n) is 3.56. The standard InChI is InChI=1S/C17H20O3/c1-11(2)12-5-4-6-14-13(7-8-18)10-16(15(14)9-12)17(19)20-3/h4-6,9-11,18H,7-8H2,1-3H3. The van der Waals surface area contributed by atoms with Gasteiger partial charge in [0.25, 0.3) is 0 Å². The summed E-state index contributed by atoms with van der Waals surface area (Å²) in [5.41, 5.74) is 4.63. The van der Waals surface area contributed by atoms with Gasteiger partial charge in [0, 0.05) is 6.61 Å². The molecule has 1 N–H and O–H groups in total. The van der Waals surface area contributed by atoms with Crippen molar-refractivity contribution >= 4 is 5.97 Å². The largest absolute Gasteiger partial charge is 0.465 e. The van der Waals surface area contributed by atoms with Gasteiger partial charge in [-0.1, -0.05) is 38.1 Å². The maximum absolute atomic E-state index is 11.9. The highest BCUT2D eigenvalue weighted by molar-refractivity contribution is 6.00. The van der Waals surface area contributed by atoms with Crippen molar-refractivity contribution in [1.82, 2.24) is 0 Å². The maximum atomic E-state index is 11.9. The number of esters is 1. The Morgan fingerprint density at radius 1 is 1.25 bits per heavy atom. The number of rotatable bonds is 4. The Kier molecular flexibility index (Phi) is 4.40. The summed E-state index contributed by atoms with van der Waals surface area (Å²) in [6, 6.07) is 9.94. The van der Waals surface area contributed by atoms with Gasteiger partial charge in [-0.25, -0.2) is 4.79 Å². The van der Waals surface area contributed by atoms with Gasteiger partial charge in [0.2, 0.25) is 0 Å². The number of ether oxygens (including phenoxy) is 1. The van der Waals surface area contributed by atoms with E-state index in [2.05, 4.69) is 19.9 Å². The lowest BCUT2D eigenvalue weighted by Gasteiger charge is -2.04. The van der Waals surface area contributed by atoms with Crippen LogP contribution in [0.4, 0.5) is 0 Å². The van der Waals surface area contributed by atoms with E-state index in [1.165, 1.54) is 12.7 Å². The number of hydrogen-bond acceptors (Lipinski definition) is 3. The van der Waals surface area contributed by atoms with E-state index in [4.69, 9.17) is 4.74 Å². The zero-order chi connectivity index (χ0) is 14.7. The van der Waals surface area contributed by atoms with Gasteiger partial charge in [-0.2, -0.15) is 0 Å². The molecular formula is C17H20O3. The predicted octanol–water partition coefficient (Wildman–Crippen LogP) is 3.24.